The molecule has 2 rings (SSSR count). The Balaban J connectivity index is 2.20. The minimum Gasteiger partial charge on any atom is -0.394 e. The van der Waals surface area contributed by atoms with E-state index in [1.54, 1.807) is 0 Å². The molecule has 0 unspecified atom stereocenters. The summed E-state index contributed by atoms with van der Waals surface area (Å²) in [6.45, 7) is -0.924. The van der Waals surface area contributed by atoms with Crippen LogP contribution in [-0.2, 0) is 28.5 Å². The van der Waals surface area contributed by atoms with E-state index in [2.05, 4.69) is 10.6 Å². The maximum Gasteiger partial charge on any atom is 0.217 e. The second-order valence-electron chi connectivity index (χ2n) is 9.61. The van der Waals surface area contributed by atoms with Crippen LogP contribution in [0.15, 0.2) is 0 Å². The van der Waals surface area contributed by atoms with E-state index in [-0.39, 0.29) is 0 Å². The first-order valence-electron chi connectivity index (χ1n) is 12.5. The molecule has 2 aliphatic heterocycles. The summed E-state index contributed by atoms with van der Waals surface area (Å²) in [6, 6.07) is -2.71. The molecule has 2 fully saturated rings. The number of amides is 2. The van der Waals surface area contributed by atoms with Gasteiger partial charge in [-0.1, -0.05) is 0 Å². The Bertz CT molecular complexity index is 809. The van der Waals surface area contributed by atoms with Crippen molar-refractivity contribution in [2.24, 2.45) is 0 Å². The van der Waals surface area contributed by atoms with Gasteiger partial charge >= 0.3 is 0 Å². The van der Waals surface area contributed by atoms with Crippen LogP contribution >= 0.6 is 0 Å². The maximum absolute atomic E-state index is 11.6. The number of ether oxygens (including phenoxy) is 4. The zero-order valence-corrected chi connectivity index (χ0v) is 21.8. The van der Waals surface area contributed by atoms with Gasteiger partial charge in [0.05, 0.1) is 32.5 Å². The van der Waals surface area contributed by atoms with Crippen LogP contribution in [-0.4, -0.2) is 175 Å². The molecule has 0 saturated carbocycles. The largest absolute Gasteiger partial charge is 0.394 e. The summed E-state index contributed by atoms with van der Waals surface area (Å²) in [7, 11) is 0. The number of aliphatic hydroxyl groups is 10. The number of rotatable bonds is 13. The van der Waals surface area contributed by atoms with E-state index in [0.717, 1.165) is 13.8 Å². The van der Waals surface area contributed by atoms with Crippen LogP contribution in [0, 0.1) is 0 Å². The minimum atomic E-state index is -1.96. The van der Waals surface area contributed by atoms with Gasteiger partial charge < -0.3 is 80.6 Å². The van der Waals surface area contributed by atoms with Crippen molar-refractivity contribution in [2.75, 3.05) is 26.4 Å². The summed E-state index contributed by atoms with van der Waals surface area (Å²) in [4.78, 5) is 23.0. The number of nitrogens with one attached hydrogen (secondary N) is 2. The average Bonchev–Trinajstić information content (AvgIpc) is 2.91. The Morgan fingerprint density at radius 1 is 0.800 bits per heavy atom. The Labute approximate surface area is 228 Å². The number of hydrogen-bond donors (Lipinski definition) is 12. The molecule has 0 aliphatic carbocycles. The van der Waals surface area contributed by atoms with Crippen molar-refractivity contribution >= 4 is 11.8 Å². The van der Waals surface area contributed by atoms with E-state index in [0.29, 0.717) is 0 Å². The van der Waals surface area contributed by atoms with Crippen molar-refractivity contribution in [3.63, 3.8) is 0 Å². The fourth-order valence-electron chi connectivity index (χ4n) is 4.36. The first-order chi connectivity index (χ1) is 18.8. The second kappa shape index (κ2) is 15.6. The van der Waals surface area contributed by atoms with Crippen LogP contribution in [0.2, 0.25) is 0 Å². The Hall–Kier alpha value is -1.62. The van der Waals surface area contributed by atoms with Crippen molar-refractivity contribution in [3.8, 4) is 0 Å². The molecular weight excluding hydrogens is 548 g/mol. The molecule has 18 nitrogen and oxygen atoms in total. The zero-order chi connectivity index (χ0) is 30.3. The fourth-order valence-corrected chi connectivity index (χ4v) is 4.36. The van der Waals surface area contributed by atoms with Crippen LogP contribution < -0.4 is 10.6 Å². The summed E-state index contributed by atoms with van der Waals surface area (Å²) in [5.74, 6) is -1.27. The summed E-state index contributed by atoms with van der Waals surface area (Å²) < 4.78 is 21.9. The lowest BCUT2D eigenvalue weighted by atomic mass is 9.96. The first-order valence-corrected chi connectivity index (χ1v) is 12.5. The molecule has 12 N–H and O–H groups in total. The average molecular weight is 589 g/mol. The van der Waals surface area contributed by atoms with E-state index in [1.807, 2.05) is 0 Å². The molecule has 14 atom stereocenters. The van der Waals surface area contributed by atoms with Crippen LogP contribution in [0.5, 0.6) is 0 Å². The van der Waals surface area contributed by atoms with E-state index < -0.39 is 124 Å². The lowest BCUT2D eigenvalue weighted by molar-refractivity contribution is -0.336. The predicted octanol–water partition coefficient (Wildman–Crippen LogP) is -7.65. The summed E-state index contributed by atoms with van der Waals surface area (Å²) >= 11 is 0. The quantitative estimate of drug-likeness (QED) is 0.0950. The van der Waals surface area contributed by atoms with Crippen LogP contribution in [0.25, 0.3) is 0 Å². The summed E-state index contributed by atoms with van der Waals surface area (Å²) in [6.07, 6.45) is -20.6. The molecule has 2 amide bonds. The van der Waals surface area contributed by atoms with E-state index >= 15 is 0 Å². The topological polar surface area (TPSA) is 297 Å². The number of aliphatic hydroxyl groups excluding tert-OH is 10. The maximum atomic E-state index is 11.6. The molecule has 18 heteroatoms. The highest BCUT2D eigenvalue weighted by Crippen LogP contribution is 2.27. The lowest BCUT2D eigenvalue weighted by Crippen LogP contribution is -2.65. The van der Waals surface area contributed by atoms with Crippen LogP contribution in [0.3, 0.4) is 0 Å². The van der Waals surface area contributed by atoms with Crippen molar-refractivity contribution in [3.05, 3.63) is 0 Å². The summed E-state index contributed by atoms with van der Waals surface area (Å²) in [5.41, 5.74) is 0. The van der Waals surface area contributed by atoms with E-state index in [4.69, 9.17) is 18.9 Å². The normalized spacial score (nSPS) is 37.7. The molecule has 0 aromatic rings. The third-order valence-corrected chi connectivity index (χ3v) is 6.54. The van der Waals surface area contributed by atoms with Crippen molar-refractivity contribution in [1.82, 2.24) is 10.6 Å². The van der Waals surface area contributed by atoms with Gasteiger partial charge in [-0.15, -0.1) is 0 Å². The van der Waals surface area contributed by atoms with Gasteiger partial charge in [-0.2, -0.15) is 0 Å². The standard InChI is InChI=1S/C22H40N2O16/c1-7(28)23-9(3-25)14(31)20(10(30)4-26)40-22-19(36)18(35)16(33)12(39-22)6-37-21-13(24-8(2)29)17(34)15(32)11(5-27)38-21/h9-22,25-27,30-36H,3-6H2,1-2H3,(H,23,28)(H,24,29)/t9-,10+,11+,12+,13+,14+,15+,16-,17+,18-,19+,20+,21+,22-/m0/s1. The number of carbonyl (C=O) groups is 2. The van der Waals surface area contributed by atoms with Gasteiger partial charge in [-0.25, -0.2) is 0 Å². The molecule has 0 spiro atoms. The second-order valence-corrected chi connectivity index (χ2v) is 9.61. The van der Waals surface area contributed by atoms with Gasteiger partial charge in [-0.05, 0) is 0 Å². The SMILES string of the molecule is CC(=O)N[C@H]1[C@H](OC[C@H]2O[C@@H](O[C@@H]([C@H](O)[C@H](CO)NC(C)=O)[C@H](O)CO)[C@H](O)[C@@H](O)[C@H]2O)O[C@H](CO)[C@@H](O)[C@@H]1O. The lowest BCUT2D eigenvalue weighted by Gasteiger charge is -2.45. The molecule has 2 saturated heterocycles. The van der Waals surface area contributed by atoms with Crippen LogP contribution in [0.1, 0.15) is 13.8 Å². The minimum absolute atomic E-state index is 0.621. The molecular formula is C22H40N2O16. The molecule has 0 radical (unpaired) electrons. The Morgan fingerprint density at radius 3 is 1.93 bits per heavy atom. The Morgan fingerprint density at radius 2 is 1.40 bits per heavy atom. The fraction of sp³-hybridized carbons (Fsp3) is 0.909. The molecule has 234 valence electrons. The molecule has 2 heterocycles. The molecule has 0 aromatic heterocycles. The van der Waals surface area contributed by atoms with Crippen molar-refractivity contribution in [1.29, 1.82) is 0 Å². The van der Waals surface area contributed by atoms with Gasteiger partial charge in [-0.3, -0.25) is 9.59 Å². The molecule has 0 aromatic carbocycles. The highest BCUT2D eigenvalue weighted by molar-refractivity contribution is 5.73. The van der Waals surface area contributed by atoms with Gasteiger partial charge in [0.15, 0.2) is 12.6 Å². The predicted molar refractivity (Wildman–Crippen MR) is 127 cm³/mol. The van der Waals surface area contributed by atoms with Gasteiger partial charge in [0.25, 0.3) is 0 Å². The van der Waals surface area contributed by atoms with E-state index in [1.165, 1.54) is 0 Å². The molecule has 40 heavy (non-hydrogen) atoms. The smallest absolute Gasteiger partial charge is 0.217 e. The number of carbonyl (C=O) groups excluding carboxylic acids is 2. The van der Waals surface area contributed by atoms with Gasteiger partial charge in [0, 0.05) is 13.8 Å². The van der Waals surface area contributed by atoms with Gasteiger partial charge in [0.2, 0.25) is 11.8 Å². The third kappa shape index (κ3) is 8.46. The monoisotopic (exact) mass is 588 g/mol. The van der Waals surface area contributed by atoms with Crippen LogP contribution in [0.4, 0.5) is 0 Å². The summed E-state index contributed by atoms with van der Waals surface area (Å²) in [5, 5.41) is 106. The van der Waals surface area contributed by atoms with E-state index in [9.17, 15) is 60.7 Å². The third-order valence-electron chi connectivity index (χ3n) is 6.54. The van der Waals surface area contributed by atoms with Crippen molar-refractivity contribution < 1.29 is 79.6 Å². The van der Waals surface area contributed by atoms with Crippen molar-refractivity contribution in [2.45, 2.75) is 99.6 Å². The van der Waals surface area contributed by atoms with Gasteiger partial charge in [0.1, 0.15) is 67.1 Å². The molecule has 2 aliphatic rings. The molecule has 0 bridgehead atoms. The number of hydrogen-bond acceptors (Lipinski definition) is 16. The zero-order valence-electron chi connectivity index (χ0n) is 21.8. The highest BCUT2D eigenvalue weighted by atomic mass is 16.7. The first kappa shape index (κ1) is 34.6. The highest BCUT2D eigenvalue weighted by Gasteiger charge is 2.49. The Kier molecular flexibility index (Phi) is 13.5.